The first kappa shape index (κ1) is 11.8. The molecule has 1 atom stereocenters. The van der Waals surface area contributed by atoms with Crippen LogP contribution in [0.1, 0.15) is 30.9 Å². The second-order valence-electron chi connectivity index (χ2n) is 4.09. The maximum atomic E-state index is 13.7. The molecule has 2 aromatic rings. The van der Waals surface area contributed by atoms with Crippen LogP contribution in [-0.4, -0.2) is 9.97 Å². The predicted molar refractivity (Wildman–Crippen MR) is 65.9 cm³/mol. The monoisotopic (exact) mass is 233 g/mol. The number of nitrogens with two attached hydrogens (primary N) is 1. The normalized spacial score (nSPS) is 12.7. The SMILES string of the molecule is CCC(N)c1nc(-c2ccccc2F)c(C)[nH]1. The van der Waals surface area contributed by atoms with Gasteiger partial charge in [-0.2, -0.15) is 0 Å². The van der Waals surface area contributed by atoms with Crippen LogP contribution in [0.15, 0.2) is 24.3 Å². The summed E-state index contributed by atoms with van der Waals surface area (Å²) in [5, 5.41) is 0. The number of nitrogens with one attached hydrogen (secondary N) is 1. The molecule has 0 amide bonds. The molecule has 3 nitrogen and oxygen atoms in total. The predicted octanol–water partition coefficient (Wildman–Crippen LogP) is 2.93. The maximum Gasteiger partial charge on any atom is 0.132 e. The van der Waals surface area contributed by atoms with Crippen molar-refractivity contribution in [3.05, 3.63) is 41.6 Å². The molecule has 4 heteroatoms. The lowest BCUT2D eigenvalue weighted by Crippen LogP contribution is -2.10. The van der Waals surface area contributed by atoms with Crippen LogP contribution in [0.25, 0.3) is 11.3 Å². The Morgan fingerprint density at radius 2 is 2.12 bits per heavy atom. The third-order valence-electron chi connectivity index (χ3n) is 2.82. The lowest BCUT2D eigenvalue weighted by atomic mass is 10.1. The number of H-pyrrole nitrogens is 1. The van der Waals surface area contributed by atoms with Crippen LogP contribution in [0.5, 0.6) is 0 Å². The summed E-state index contributed by atoms with van der Waals surface area (Å²) < 4.78 is 13.7. The number of imidazole rings is 1. The molecule has 1 aromatic carbocycles. The summed E-state index contributed by atoms with van der Waals surface area (Å²) in [6, 6.07) is 6.49. The van der Waals surface area contributed by atoms with E-state index in [1.165, 1.54) is 6.07 Å². The van der Waals surface area contributed by atoms with Crippen molar-refractivity contribution in [2.45, 2.75) is 26.3 Å². The van der Waals surface area contributed by atoms with Gasteiger partial charge in [0, 0.05) is 11.3 Å². The average Bonchev–Trinajstić information content (AvgIpc) is 2.71. The molecule has 0 spiro atoms. The highest BCUT2D eigenvalue weighted by atomic mass is 19.1. The lowest BCUT2D eigenvalue weighted by molar-refractivity contribution is 0.630. The number of aromatic nitrogens is 2. The Kier molecular flexibility index (Phi) is 3.24. The van der Waals surface area contributed by atoms with Gasteiger partial charge in [0.1, 0.15) is 11.6 Å². The van der Waals surface area contributed by atoms with Crippen molar-refractivity contribution in [3.8, 4) is 11.3 Å². The molecule has 0 aliphatic carbocycles. The quantitative estimate of drug-likeness (QED) is 0.856. The Labute approximate surface area is 99.9 Å². The zero-order chi connectivity index (χ0) is 12.4. The molecule has 0 radical (unpaired) electrons. The van der Waals surface area contributed by atoms with Gasteiger partial charge in [-0.1, -0.05) is 19.1 Å². The fraction of sp³-hybridized carbons (Fsp3) is 0.308. The molecule has 17 heavy (non-hydrogen) atoms. The first-order valence-corrected chi connectivity index (χ1v) is 5.70. The molecule has 1 heterocycles. The van der Waals surface area contributed by atoms with Gasteiger partial charge in [-0.25, -0.2) is 9.37 Å². The van der Waals surface area contributed by atoms with Crippen LogP contribution in [0.3, 0.4) is 0 Å². The smallest absolute Gasteiger partial charge is 0.132 e. The van der Waals surface area contributed by atoms with Gasteiger partial charge in [0.15, 0.2) is 0 Å². The molecule has 3 N–H and O–H groups in total. The third kappa shape index (κ3) is 2.22. The molecule has 0 fully saturated rings. The number of hydrogen-bond acceptors (Lipinski definition) is 2. The van der Waals surface area contributed by atoms with Gasteiger partial charge in [0.2, 0.25) is 0 Å². The largest absolute Gasteiger partial charge is 0.344 e. The summed E-state index contributed by atoms with van der Waals surface area (Å²) in [5.41, 5.74) is 7.90. The molecule has 2 rings (SSSR count). The first-order chi connectivity index (χ1) is 8.13. The van der Waals surface area contributed by atoms with Crippen molar-refractivity contribution in [3.63, 3.8) is 0 Å². The van der Waals surface area contributed by atoms with Gasteiger partial charge in [0.25, 0.3) is 0 Å². The van der Waals surface area contributed by atoms with Gasteiger partial charge < -0.3 is 10.7 Å². The van der Waals surface area contributed by atoms with Crippen molar-refractivity contribution in [1.29, 1.82) is 0 Å². The third-order valence-corrected chi connectivity index (χ3v) is 2.82. The number of halogens is 1. The highest BCUT2D eigenvalue weighted by Crippen LogP contribution is 2.25. The molecule has 0 saturated carbocycles. The number of nitrogens with zero attached hydrogens (tertiary/aromatic N) is 1. The van der Waals surface area contributed by atoms with Crippen LogP contribution < -0.4 is 5.73 Å². The van der Waals surface area contributed by atoms with E-state index in [9.17, 15) is 4.39 Å². The Bertz CT molecular complexity index is 519. The van der Waals surface area contributed by atoms with E-state index in [4.69, 9.17) is 5.73 Å². The second-order valence-corrected chi connectivity index (χ2v) is 4.09. The van der Waals surface area contributed by atoms with Crippen molar-refractivity contribution >= 4 is 0 Å². The summed E-state index contributed by atoms with van der Waals surface area (Å²) in [4.78, 5) is 7.51. The topological polar surface area (TPSA) is 54.7 Å². The number of aromatic amines is 1. The van der Waals surface area contributed by atoms with E-state index in [2.05, 4.69) is 9.97 Å². The molecule has 90 valence electrons. The second kappa shape index (κ2) is 4.67. The van der Waals surface area contributed by atoms with Crippen molar-refractivity contribution in [1.82, 2.24) is 9.97 Å². The standard InChI is InChI=1S/C13H16FN3/c1-3-11(15)13-16-8(2)12(17-13)9-6-4-5-7-10(9)14/h4-7,11H,3,15H2,1-2H3,(H,16,17). The summed E-state index contributed by atoms with van der Waals surface area (Å²) in [6.45, 7) is 3.87. The Balaban J connectivity index is 2.47. The number of hydrogen-bond donors (Lipinski definition) is 2. The zero-order valence-electron chi connectivity index (χ0n) is 10.00. The van der Waals surface area contributed by atoms with Gasteiger partial charge in [-0.3, -0.25) is 0 Å². The van der Waals surface area contributed by atoms with Crippen LogP contribution in [0.2, 0.25) is 0 Å². The van der Waals surface area contributed by atoms with Crippen molar-refractivity contribution in [2.24, 2.45) is 5.73 Å². The average molecular weight is 233 g/mol. The van der Waals surface area contributed by atoms with Crippen molar-refractivity contribution < 1.29 is 4.39 Å². The minimum atomic E-state index is -0.265. The van der Waals surface area contributed by atoms with E-state index in [-0.39, 0.29) is 11.9 Å². The van der Waals surface area contributed by atoms with E-state index in [0.717, 1.165) is 12.1 Å². The van der Waals surface area contributed by atoms with Crippen LogP contribution in [0.4, 0.5) is 4.39 Å². The van der Waals surface area contributed by atoms with Crippen LogP contribution >= 0.6 is 0 Å². The highest BCUT2D eigenvalue weighted by Gasteiger charge is 2.15. The number of rotatable bonds is 3. The van der Waals surface area contributed by atoms with E-state index < -0.39 is 0 Å². The first-order valence-electron chi connectivity index (χ1n) is 5.70. The molecule has 1 unspecified atom stereocenters. The molecule has 0 bridgehead atoms. The summed E-state index contributed by atoms with van der Waals surface area (Å²) >= 11 is 0. The fourth-order valence-corrected chi connectivity index (χ4v) is 1.77. The maximum absolute atomic E-state index is 13.7. The summed E-state index contributed by atoms with van der Waals surface area (Å²) in [5.74, 6) is 0.446. The Hall–Kier alpha value is -1.68. The molecule has 0 aliphatic heterocycles. The Morgan fingerprint density at radius 3 is 2.76 bits per heavy atom. The van der Waals surface area contributed by atoms with Gasteiger partial charge in [0.05, 0.1) is 11.7 Å². The van der Waals surface area contributed by atoms with E-state index in [1.807, 2.05) is 13.8 Å². The van der Waals surface area contributed by atoms with Crippen molar-refractivity contribution in [2.75, 3.05) is 0 Å². The molecule has 1 aromatic heterocycles. The van der Waals surface area contributed by atoms with Gasteiger partial charge in [-0.15, -0.1) is 0 Å². The van der Waals surface area contributed by atoms with E-state index in [0.29, 0.717) is 17.1 Å². The molecular formula is C13H16FN3. The molecule has 0 aliphatic rings. The zero-order valence-corrected chi connectivity index (χ0v) is 10.00. The van der Waals surface area contributed by atoms with E-state index >= 15 is 0 Å². The summed E-state index contributed by atoms with van der Waals surface area (Å²) in [6.07, 6.45) is 0.795. The van der Waals surface area contributed by atoms with Crippen LogP contribution in [0, 0.1) is 12.7 Å². The minimum absolute atomic E-state index is 0.130. The minimum Gasteiger partial charge on any atom is -0.344 e. The van der Waals surface area contributed by atoms with E-state index in [1.54, 1.807) is 18.2 Å². The molecular weight excluding hydrogens is 217 g/mol. The highest BCUT2D eigenvalue weighted by molar-refractivity contribution is 5.62. The number of benzene rings is 1. The van der Waals surface area contributed by atoms with Gasteiger partial charge in [-0.05, 0) is 25.5 Å². The Morgan fingerprint density at radius 1 is 1.41 bits per heavy atom. The molecule has 0 saturated heterocycles. The fourth-order valence-electron chi connectivity index (χ4n) is 1.77. The number of aryl methyl sites for hydroxylation is 1. The van der Waals surface area contributed by atoms with Crippen LogP contribution in [-0.2, 0) is 0 Å². The van der Waals surface area contributed by atoms with Gasteiger partial charge >= 0.3 is 0 Å². The summed E-state index contributed by atoms with van der Waals surface area (Å²) in [7, 11) is 0. The lowest BCUT2D eigenvalue weighted by Gasteiger charge is -2.03.